The molecule has 0 aliphatic carbocycles. The van der Waals surface area contributed by atoms with E-state index in [1.54, 1.807) is 35.2 Å². The lowest BCUT2D eigenvalue weighted by Crippen LogP contribution is -2.51. The van der Waals surface area contributed by atoms with Crippen molar-refractivity contribution >= 4 is 21.8 Å². The topological polar surface area (TPSA) is 122 Å². The molecule has 2 fully saturated rings. The quantitative estimate of drug-likeness (QED) is 0.492. The normalized spacial score (nSPS) is 19.1. The number of furan rings is 1. The molecule has 0 unspecified atom stereocenters. The maximum absolute atomic E-state index is 12.9. The van der Waals surface area contributed by atoms with Crippen molar-refractivity contribution in [2.75, 3.05) is 71.3 Å². The molecule has 4 heterocycles. The highest BCUT2D eigenvalue weighted by Crippen LogP contribution is 2.33. The van der Waals surface area contributed by atoms with Crippen molar-refractivity contribution in [2.24, 2.45) is 5.92 Å². The predicted octanol–water partition coefficient (Wildman–Crippen LogP) is 1.67. The van der Waals surface area contributed by atoms with Gasteiger partial charge in [-0.25, -0.2) is 8.42 Å². The number of amides is 2. The van der Waals surface area contributed by atoms with Gasteiger partial charge in [-0.3, -0.25) is 9.59 Å². The van der Waals surface area contributed by atoms with E-state index in [-0.39, 0.29) is 23.3 Å². The van der Waals surface area contributed by atoms with Crippen molar-refractivity contribution in [2.45, 2.75) is 19.3 Å². The average molecular weight is 561 g/mol. The van der Waals surface area contributed by atoms with Gasteiger partial charge >= 0.3 is 0 Å². The Morgan fingerprint density at radius 2 is 1.72 bits per heavy atom. The highest BCUT2D eigenvalue weighted by atomic mass is 32.2. The summed E-state index contributed by atoms with van der Waals surface area (Å²) in [5.41, 5.74) is 0.497. The number of fused-ring (bicyclic) bond motifs is 1. The summed E-state index contributed by atoms with van der Waals surface area (Å²) in [6, 6.07) is 8.63. The van der Waals surface area contributed by atoms with Gasteiger partial charge in [-0.1, -0.05) is 6.07 Å². The Balaban J connectivity index is 0.989. The Hall–Kier alpha value is -3.09. The molecule has 0 radical (unpaired) electrons. The van der Waals surface area contributed by atoms with Crippen LogP contribution in [0.4, 0.5) is 0 Å². The lowest BCUT2D eigenvalue weighted by molar-refractivity contribution is 0.0665. The molecule has 2 aromatic rings. The molecule has 3 aliphatic rings. The van der Waals surface area contributed by atoms with Gasteiger partial charge in [0.25, 0.3) is 11.8 Å². The van der Waals surface area contributed by atoms with E-state index in [0.717, 1.165) is 32.5 Å². The van der Waals surface area contributed by atoms with Crippen molar-refractivity contribution in [3.8, 4) is 11.5 Å². The molecular formula is C27H36N4O7S. The summed E-state index contributed by atoms with van der Waals surface area (Å²) in [4.78, 5) is 29.1. The molecule has 212 valence electrons. The van der Waals surface area contributed by atoms with Crippen LogP contribution in [0.3, 0.4) is 0 Å². The maximum Gasteiger partial charge on any atom is 0.289 e. The number of rotatable bonds is 9. The summed E-state index contributed by atoms with van der Waals surface area (Å²) >= 11 is 0. The molecule has 5 rings (SSSR count). The molecule has 2 amide bonds. The molecule has 0 saturated carbocycles. The molecule has 0 bridgehead atoms. The summed E-state index contributed by atoms with van der Waals surface area (Å²) in [5.74, 6) is 1.51. The van der Waals surface area contributed by atoms with Crippen LogP contribution in [0.2, 0.25) is 0 Å². The van der Waals surface area contributed by atoms with Gasteiger partial charge in [0.05, 0.1) is 17.6 Å². The number of para-hydroxylation sites is 1. The summed E-state index contributed by atoms with van der Waals surface area (Å²) in [7, 11) is -3.37. The van der Waals surface area contributed by atoms with Crippen molar-refractivity contribution in [3.05, 3.63) is 47.9 Å². The van der Waals surface area contributed by atoms with Crippen LogP contribution in [0.5, 0.6) is 11.5 Å². The molecule has 39 heavy (non-hydrogen) atoms. The van der Waals surface area contributed by atoms with Crippen LogP contribution in [0, 0.1) is 5.92 Å². The second-order valence-corrected chi connectivity index (χ2v) is 12.3. The Kier molecular flexibility index (Phi) is 8.73. The van der Waals surface area contributed by atoms with E-state index in [1.165, 1.54) is 10.6 Å². The lowest BCUT2D eigenvalue weighted by Gasteiger charge is -2.34. The van der Waals surface area contributed by atoms with Crippen molar-refractivity contribution < 1.29 is 31.9 Å². The summed E-state index contributed by atoms with van der Waals surface area (Å²) < 4.78 is 43.6. The van der Waals surface area contributed by atoms with Crippen LogP contribution in [0.15, 0.2) is 41.0 Å². The third kappa shape index (κ3) is 6.74. The number of carbonyl (C=O) groups excluding carboxylic acids is 2. The van der Waals surface area contributed by atoms with E-state index in [0.29, 0.717) is 75.3 Å². The van der Waals surface area contributed by atoms with Crippen molar-refractivity contribution in [1.82, 2.24) is 19.4 Å². The highest BCUT2D eigenvalue weighted by molar-refractivity contribution is 7.89. The minimum absolute atomic E-state index is 0.0995. The Bertz CT molecular complexity index is 1230. The minimum atomic E-state index is -3.37. The zero-order valence-corrected chi connectivity index (χ0v) is 22.9. The number of hydrogen-bond acceptors (Lipinski definition) is 8. The molecule has 1 aromatic heterocycles. The fourth-order valence-electron chi connectivity index (χ4n) is 5.32. The maximum atomic E-state index is 12.9. The van der Waals surface area contributed by atoms with Gasteiger partial charge in [0.2, 0.25) is 10.0 Å². The van der Waals surface area contributed by atoms with Gasteiger partial charge in [0, 0.05) is 32.7 Å². The fourth-order valence-corrected chi connectivity index (χ4v) is 6.80. The van der Waals surface area contributed by atoms with E-state index in [1.807, 2.05) is 0 Å². The molecule has 2 saturated heterocycles. The lowest BCUT2D eigenvalue weighted by atomic mass is 9.96. The first-order valence-electron chi connectivity index (χ1n) is 13.6. The number of hydrogen-bond donors (Lipinski definition) is 1. The zero-order valence-electron chi connectivity index (χ0n) is 22.0. The molecule has 1 aromatic carbocycles. The predicted molar refractivity (Wildman–Crippen MR) is 144 cm³/mol. The first-order valence-corrected chi connectivity index (χ1v) is 15.2. The smallest absolute Gasteiger partial charge is 0.289 e. The number of nitrogens with one attached hydrogen (secondary N) is 1. The van der Waals surface area contributed by atoms with Crippen LogP contribution in [-0.4, -0.2) is 106 Å². The zero-order chi connectivity index (χ0) is 27.2. The number of carbonyl (C=O) groups is 2. The molecule has 11 nitrogen and oxygen atoms in total. The fraction of sp³-hybridized carbons (Fsp3) is 0.556. The van der Waals surface area contributed by atoms with Gasteiger partial charge in [0.15, 0.2) is 17.3 Å². The minimum Gasteiger partial charge on any atom is -0.486 e. The van der Waals surface area contributed by atoms with E-state index >= 15 is 0 Å². The van der Waals surface area contributed by atoms with Crippen LogP contribution < -0.4 is 14.8 Å². The third-order valence-corrected chi connectivity index (χ3v) is 9.55. The van der Waals surface area contributed by atoms with E-state index in [4.69, 9.17) is 13.9 Å². The van der Waals surface area contributed by atoms with Gasteiger partial charge in [-0.2, -0.15) is 4.31 Å². The largest absolute Gasteiger partial charge is 0.486 e. The number of benzene rings is 1. The number of likely N-dealkylation sites (tertiary alicyclic amines) is 1. The van der Waals surface area contributed by atoms with Crippen molar-refractivity contribution in [3.63, 3.8) is 0 Å². The van der Waals surface area contributed by atoms with Crippen molar-refractivity contribution in [1.29, 1.82) is 0 Å². The first-order chi connectivity index (χ1) is 18.9. The Labute approximate surface area is 229 Å². The number of sulfonamides is 1. The third-order valence-electron chi connectivity index (χ3n) is 7.60. The van der Waals surface area contributed by atoms with Crippen LogP contribution in [-0.2, 0) is 10.0 Å². The second-order valence-electron chi connectivity index (χ2n) is 10.2. The molecule has 0 spiro atoms. The summed E-state index contributed by atoms with van der Waals surface area (Å²) in [6.45, 7) is 5.32. The molecule has 1 N–H and O–H groups in total. The number of nitrogens with zero attached hydrogens (tertiary/aromatic N) is 3. The van der Waals surface area contributed by atoms with E-state index in [9.17, 15) is 18.0 Å². The average Bonchev–Trinajstić information content (AvgIpc) is 3.51. The van der Waals surface area contributed by atoms with E-state index in [2.05, 4.69) is 10.2 Å². The van der Waals surface area contributed by atoms with Gasteiger partial charge in [-0.05, 0) is 69.1 Å². The number of piperidine rings is 1. The summed E-state index contributed by atoms with van der Waals surface area (Å²) in [5, 5.41) is 3.04. The monoisotopic (exact) mass is 560 g/mol. The first kappa shape index (κ1) is 27.5. The van der Waals surface area contributed by atoms with E-state index < -0.39 is 10.0 Å². The molecule has 12 heteroatoms. The molecule has 3 aliphatic heterocycles. The Morgan fingerprint density at radius 3 is 2.46 bits per heavy atom. The van der Waals surface area contributed by atoms with Gasteiger partial charge in [-0.15, -0.1) is 0 Å². The standard InChI is InChI=1S/C27H36N4O7S/c32-26(22-4-1-5-23-25(22)38-18-17-37-23)28-20-21-7-10-29(11-8-21)9-3-19-39(34,35)31-14-12-30(13-15-31)27(33)24-6-2-16-36-24/h1-2,4-6,16,21H,3,7-15,17-20H2,(H,28,32). The number of piperazine rings is 1. The summed E-state index contributed by atoms with van der Waals surface area (Å²) in [6.07, 6.45) is 3.92. The van der Waals surface area contributed by atoms with Crippen LogP contribution in [0.1, 0.15) is 40.2 Å². The highest BCUT2D eigenvalue weighted by Gasteiger charge is 2.30. The van der Waals surface area contributed by atoms with Crippen LogP contribution >= 0.6 is 0 Å². The number of ether oxygens (including phenoxy) is 2. The van der Waals surface area contributed by atoms with Crippen LogP contribution in [0.25, 0.3) is 0 Å². The SMILES string of the molecule is O=C(NCC1CCN(CCCS(=O)(=O)N2CCN(C(=O)c3ccco3)CC2)CC1)c1cccc2c1OCCO2. The Morgan fingerprint density at radius 1 is 0.949 bits per heavy atom. The van der Waals surface area contributed by atoms with Gasteiger partial charge in [0.1, 0.15) is 13.2 Å². The molecule has 0 atom stereocenters. The second kappa shape index (κ2) is 12.4. The van der Waals surface area contributed by atoms with Gasteiger partial charge < -0.3 is 29.0 Å². The molecular weight excluding hydrogens is 524 g/mol.